The minimum Gasteiger partial charge on any atom is -0.365 e. The van der Waals surface area contributed by atoms with Crippen molar-refractivity contribution in [2.45, 2.75) is 52.4 Å². The molecule has 0 spiro atoms. The summed E-state index contributed by atoms with van der Waals surface area (Å²) in [7, 11) is 0. The van der Waals surface area contributed by atoms with Crippen LogP contribution in [0.4, 0.5) is 17.1 Å². The SMILES string of the molecule is CCN(CC)C(=O)[C@@H]1CCCN(c2ccc(N3C(=O)[C@@H]4CCCC[C@H]4C3=O)cc2[N+](=O)[O-])C1. The minimum atomic E-state index is -0.466. The van der Waals surface area contributed by atoms with Crippen LogP contribution in [0.15, 0.2) is 18.2 Å². The second-order valence-corrected chi connectivity index (χ2v) is 9.24. The fourth-order valence-electron chi connectivity index (χ4n) is 5.67. The first-order valence-electron chi connectivity index (χ1n) is 12.1. The van der Waals surface area contributed by atoms with Crippen LogP contribution in [0.5, 0.6) is 0 Å². The highest BCUT2D eigenvalue weighted by Gasteiger charge is 2.49. The van der Waals surface area contributed by atoms with Gasteiger partial charge in [-0.2, -0.15) is 0 Å². The summed E-state index contributed by atoms with van der Waals surface area (Å²) in [6.45, 7) is 6.21. The Morgan fingerprint density at radius 3 is 2.27 bits per heavy atom. The van der Waals surface area contributed by atoms with Crippen molar-refractivity contribution < 1.29 is 19.3 Å². The van der Waals surface area contributed by atoms with Gasteiger partial charge in [0.2, 0.25) is 17.7 Å². The number of imide groups is 1. The number of piperidine rings is 1. The van der Waals surface area contributed by atoms with Crippen LogP contribution in [-0.4, -0.2) is 53.7 Å². The predicted octanol–water partition coefficient (Wildman–Crippen LogP) is 3.36. The number of amides is 3. The van der Waals surface area contributed by atoms with Crippen molar-refractivity contribution in [3.63, 3.8) is 0 Å². The number of nitro groups is 1. The van der Waals surface area contributed by atoms with E-state index in [1.165, 1.54) is 6.07 Å². The van der Waals surface area contributed by atoms with Gasteiger partial charge in [0.15, 0.2) is 0 Å². The molecule has 2 aliphatic heterocycles. The summed E-state index contributed by atoms with van der Waals surface area (Å²) in [4.78, 5) is 55.1. The standard InChI is InChI=1S/C24H32N4O5/c1-3-25(4-2)22(29)16-8-7-13-26(15-16)20-12-11-17(14-21(20)28(32)33)27-23(30)18-9-5-6-10-19(18)24(27)31/h11-12,14,16,18-19H,3-10,13,15H2,1-2H3/t16-,18-,19-/m1/s1. The summed E-state index contributed by atoms with van der Waals surface area (Å²) in [6, 6.07) is 4.60. The maximum atomic E-state index is 12.9. The van der Waals surface area contributed by atoms with E-state index < -0.39 is 4.92 Å². The molecule has 2 heterocycles. The predicted molar refractivity (Wildman–Crippen MR) is 124 cm³/mol. The third-order valence-corrected chi connectivity index (χ3v) is 7.44. The highest BCUT2D eigenvalue weighted by atomic mass is 16.6. The van der Waals surface area contributed by atoms with Gasteiger partial charge in [-0.3, -0.25) is 24.5 Å². The molecule has 3 atom stereocenters. The van der Waals surface area contributed by atoms with E-state index in [-0.39, 0.29) is 46.9 Å². The maximum absolute atomic E-state index is 12.9. The van der Waals surface area contributed by atoms with Crippen molar-refractivity contribution in [1.82, 2.24) is 4.90 Å². The summed E-state index contributed by atoms with van der Waals surface area (Å²) < 4.78 is 0. The topological polar surface area (TPSA) is 104 Å². The molecule has 3 aliphatic rings. The van der Waals surface area contributed by atoms with Crippen LogP contribution < -0.4 is 9.80 Å². The molecule has 0 unspecified atom stereocenters. The number of anilines is 2. The fraction of sp³-hybridized carbons (Fsp3) is 0.625. The molecule has 1 aromatic rings. The summed E-state index contributed by atoms with van der Waals surface area (Å²) in [5.74, 6) is -1.22. The Balaban J connectivity index is 1.60. The van der Waals surface area contributed by atoms with Crippen LogP contribution >= 0.6 is 0 Å². The molecular weight excluding hydrogens is 424 g/mol. The average Bonchev–Trinajstić information content (AvgIpc) is 3.09. The van der Waals surface area contributed by atoms with E-state index in [1.807, 2.05) is 18.7 Å². The maximum Gasteiger partial charge on any atom is 0.294 e. The number of rotatable bonds is 6. The molecule has 0 bridgehead atoms. The number of nitrogens with zero attached hydrogens (tertiary/aromatic N) is 4. The first-order valence-corrected chi connectivity index (χ1v) is 12.1. The molecule has 3 fully saturated rings. The highest BCUT2D eigenvalue weighted by Crippen LogP contribution is 2.42. The van der Waals surface area contributed by atoms with Gasteiger partial charge in [-0.15, -0.1) is 0 Å². The van der Waals surface area contributed by atoms with Gasteiger partial charge < -0.3 is 9.80 Å². The largest absolute Gasteiger partial charge is 0.365 e. The summed E-state index contributed by atoms with van der Waals surface area (Å²) in [5, 5.41) is 12.0. The number of hydrogen-bond donors (Lipinski definition) is 0. The molecule has 178 valence electrons. The zero-order valence-electron chi connectivity index (χ0n) is 19.4. The normalized spacial score (nSPS) is 25.2. The van der Waals surface area contributed by atoms with E-state index in [0.29, 0.717) is 44.7 Å². The lowest BCUT2D eigenvalue weighted by Gasteiger charge is -2.35. The van der Waals surface area contributed by atoms with Gasteiger partial charge in [-0.1, -0.05) is 12.8 Å². The van der Waals surface area contributed by atoms with Gasteiger partial charge in [0.1, 0.15) is 5.69 Å². The number of hydrogen-bond acceptors (Lipinski definition) is 6. The van der Waals surface area contributed by atoms with Crippen LogP contribution in [-0.2, 0) is 14.4 Å². The fourth-order valence-corrected chi connectivity index (χ4v) is 5.67. The van der Waals surface area contributed by atoms with Crippen molar-refractivity contribution in [2.75, 3.05) is 36.0 Å². The Morgan fingerprint density at radius 2 is 1.70 bits per heavy atom. The number of carbonyl (C=O) groups is 3. The first-order chi connectivity index (χ1) is 15.9. The second kappa shape index (κ2) is 9.49. The van der Waals surface area contributed by atoms with Crippen molar-refractivity contribution in [3.8, 4) is 0 Å². The quantitative estimate of drug-likeness (QED) is 0.369. The van der Waals surface area contributed by atoms with Gasteiger partial charge in [0, 0.05) is 32.2 Å². The Kier molecular flexibility index (Phi) is 6.67. The van der Waals surface area contributed by atoms with Gasteiger partial charge in [0.25, 0.3) is 5.69 Å². The molecule has 3 amide bonds. The molecule has 0 aromatic heterocycles. The third kappa shape index (κ3) is 4.20. The van der Waals surface area contributed by atoms with Gasteiger partial charge in [-0.25, -0.2) is 4.90 Å². The van der Waals surface area contributed by atoms with Crippen LogP contribution in [0.25, 0.3) is 0 Å². The Bertz CT molecular complexity index is 936. The van der Waals surface area contributed by atoms with E-state index in [2.05, 4.69) is 0 Å². The third-order valence-electron chi connectivity index (χ3n) is 7.44. The summed E-state index contributed by atoms with van der Waals surface area (Å²) in [6.07, 6.45) is 4.77. The lowest BCUT2D eigenvalue weighted by Crippen LogP contribution is -2.45. The molecule has 2 saturated heterocycles. The lowest BCUT2D eigenvalue weighted by molar-refractivity contribution is -0.384. The Labute approximate surface area is 193 Å². The summed E-state index contributed by atoms with van der Waals surface area (Å²) in [5.41, 5.74) is 0.554. The highest BCUT2D eigenvalue weighted by molar-refractivity contribution is 6.22. The molecule has 1 aliphatic carbocycles. The zero-order valence-corrected chi connectivity index (χ0v) is 19.4. The van der Waals surface area contributed by atoms with Gasteiger partial charge in [-0.05, 0) is 51.7 Å². The molecule has 9 nitrogen and oxygen atoms in total. The van der Waals surface area contributed by atoms with Crippen LogP contribution in [0, 0.1) is 27.9 Å². The van der Waals surface area contributed by atoms with Gasteiger partial charge >= 0.3 is 0 Å². The molecule has 0 N–H and O–H groups in total. The van der Waals surface area contributed by atoms with E-state index in [0.717, 1.165) is 30.6 Å². The monoisotopic (exact) mass is 456 g/mol. The van der Waals surface area contributed by atoms with E-state index in [4.69, 9.17) is 0 Å². The molecule has 1 aromatic carbocycles. The number of nitro benzene ring substituents is 1. The zero-order chi connectivity index (χ0) is 23.7. The number of benzene rings is 1. The number of carbonyl (C=O) groups excluding carboxylic acids is 3. The average molecular weight is 457 g/mol. The molecular formula is C24H32N4O5. The Morgan fingerprint density at radius 1 is 1.06 bits per heavy atom. The second-order valence-electron chi connectivity index (χ2n) is 9.24. The van der Waals surface area contributed by atoms with E-state index in [9.17, 15) is 24.5 Å². The minimum absolute atomic E-state index is 0.0832. The van der Waals surface area contributed by atoms with Crippen molar-refractivity contribution in [3.05, 3.63) is 28.3 Å². The van der Waals surface area contributed by atoms with Crippen LogP contribution in [0.1, 0.15) is 52.4 Å². The molecule has 9 heteroatoms. The van der Waals surface area contributed by atoms with Crippen molar-refractivity contribution >= 4 is 34.8 Å². The molecule has 0 radical (unpaired) electrons. The molecule has 1 saturated carbocycles. The molecule has 33 heavy (non-hydrogen) atoms. The number of fused-ring (bicyclic) bond motifs is 1. The van der Waals surface area contributed by atoms with Crippen molar-refractivity contribution in [1.29, 1.82) is 0 Å². The first kappa shape index (κ1) is 23.2. The van der Waals surface area contributed by atoms with Gasteiger partial charge in [0.05, 0.1) is 28.4 Å². The lowest BCUT2D eigenvalue weighted by atomic mass is 9.81. The van der Waals surface area contributed by atoms with E-state index >= 15 is 0 Å². The van der Waals surface area contributed by atoms with Crippen LogP contribution in [0.3, 0.4) is 0 Å². The van der Waals surface area contributed by atoms with E-state index in [1.54, 1.807) is 17.0 Å². The Hall–Kier alpha value is -2.97. The smallest absolute Gasteiger partial charge is 0.294 e. The van der Waals surface area contributed by atoms with Crippen molar-refractivity contribution in [2.24, 2.45) is 17.8 Å². The van der Waals surface area contributed by atoms with Crippen LogP contribution in [0.2, 0.25) is 0 Å². The molecule has 4 rings (SSSR count). The summed E-state index contributed by atoms with van der Waals surface area (Å²) >= 11 is 0.